The molecule has 0 fully saturated rings. The predicted molar refractivity (Wildman–Crippen MR) is 86.1 cm³/mol. The number of hydrogen-bond donors (Lipinski definition) is 0. The zero-order chi connectivity index (χ0) is 13.9. The van der Waals surface area contributed by atoms with Crippen LogP contribution in [0.3, 0.4) is 0 Å². The van der Waals surface area contributed by atoms with Gasteiger partial charge in [-0.25, -0.2) is 9.97 Å². The van der Waals surface area contributed by atoms with E-state index in [4.69, 9.17) is 0 Å². The van der Waals surface area contributed by atoms with Crippen molar-refractivity contribution in [2.24, 2.45) is 0 Å². The lowest BCUT2D eigenvalue weighted by Gasteiger charge is -2.05. The number of nitrogens with zero attached hydrogens (tertiary/aromatic N) is 3. The standard InChI is InChI=1S/C15H9Br2N3/c16-14-5-1-3-12(19-14)10-7-11(9-18-8-10)13-4-2-6-15(17)20-13/h1-9H. The highest BCUT2D eigenvalue weighted by molar-refractivity contribution is 9.10. The van der Waals surface area contributed by atoms with Gasteiger partial charge in [-0.1, -0.05) is 12.1 Å². The molecule has 3 rings (SSSR count). The molecule has 3 nitrogen and oxygen atoms in total. The maximum atomic E-state index is 4.44. The van der Waals surface area contributed by atoms with Crippen LogP contribution in [0.4, 0.5) is 0 Å². The van der Waals surface area contributed by atoms with Crippen molar-refractivity contribution in [3.8, 4) is 22.5 Å². The van der Waals surface area contributed by atoms with Gasteiger partial charge in [-0.15, -0.1) is 0 Å². The molecule has 0 N–H and O–H groups in total. The van der Waals surface area contributed by atoms with Crippen molar-refractivity contribution in [1.82, 2.24) is 15.0 Å². The lowest BCUT2D eigenvalue weighted by molar-refractivity contribution is 1.23. The van der Waals surface area contributed by atoms with E-state index in [1.165, 1.54) is 0 Å². The monoisotopic (exact) mass is 389 g/mol. The molecule has 3 heterocycles. The summed E-state index contributed by atoms with van der Waals surface area (Å²) in [6.07, 6.45) is 3.60. The van der Waals surface area contributed by atoms with Gasteiger partial charge in [0, 0.05) is 23.5 Å². The van der Waals surface area contributed by atoms with Gasteiger partial charge in [-0.3, -0.25) is 4.98 Å². The first-order valence-electron chi connectivity index (χ1n) is 5.93. The first kappa shape index (κ1) is 13.4. The van der Waals surface area contributed by atoms with Crippen molar-refractivity contribution in [3.05, 3.63) is 64.1 Å². The number of aromatic nitrogens is 3. The molecule has 0 atom stereocenters. The third kappa shape index (κ3) is 2.94. The third-order valence-corrected chi connectivity index (χ3v) is 3.64. The second-order valence-corrected chi connectivity index (χ2v) is 5.78. The molecule has 0 aliphatic carbocycles. The van der Waals surface area contributed by atoms with Crippen molar-refractivity contribution in [2.45, 2.75) is 0 Å². The summed E-state index contributed by atoms with van der Waals surface area (Å²) in [5.41, 5.74) is 3.68. The molecule has 0 saturated heterocycles. The van der Waals surface area contributed by atoms with Crippen LogP contribution >= 0.6 is 31.9 Å². The van der Waals surface area contributed by atoms with Crippen molar-refractivity contribution >= 4 is 31.9 Å². The minimum atomic E-state index is 0.806. The Hall–Kier alpha value is -1.59. The first-order valence-corrected chi connectivity index (χ1v) is 7.52. The second kappa shape index (κ2) is 5.81. The van der Waals surface area contributed by atoms with E-state index in [2.05, 4.69) is 46.8 Å². The van der Waals surface area contributed by atoms with Gasteiger partial charge in [0.25, 0.3) is 0 Å². The first-order chi connectivity index (χ1) is 9.72. The molecule has 0 radical (unpaired) electrons. The lowest BCUT2D eigenvalue weighted by Crippen LogP contribution is -1.89. The molecule has 0 saturated carbocycles. The number of halogens is 2. The van der Waals surface area contributed by atoms with Gasteiger partial charge in [0.1, 0.15) is 9.21 Å². The van der Waals surface area contributed by atoms with E-state index in [0.29, 0.717) is 0 Å². The van der Waals surface area contributed by atoms with Gasteiger partial charge in [0.2, 0.25) is 0 Å². The average molecular weight is 391 g/mol. The summed E-state index contributed by atoms with van der Waals surface area (Å²) < 4.78 is 1.61. The molecule has 5 heteroatoms. The fourth-order valence-electron chi connectivity index (χ4n) is 1.86. The molecular weight excluding hydrogens is 382 g/mol. The Labute approximate surface area is 133 Å². The molecule has 3 aromatic heterocycles. The molecule has 0 aromatic carbocycles. The Morgan fingerprint density at radius 2 is 1.20 bits per heavy atom. The molecule has 0 aliphatic rings. The Bertz CT molecular complexity index is 699. The number of rotatable bonds is 2. The van der Waals surface area contributed by atoms with E-state index >= 15 is 0 Å². The molecule has 3 aromatic rings. The van der Waals surface area contributed by atoms with Crippen LogP contribution in [-0.4, -0.2) is 15.0 Å². The topological polar surface area (TPSA) is 38.7 Å². The fraction of sp³-hybridized carbons (Fsp3) is 0. The minimum absolute atomic E-state index is 0.806. The van der Waals surface area contributed by atoms with E-state index in [1.807, 2.05) is 42.5 Å². The molecule has 98 valence electrons. The molecule has 0 unspecified atom stereocenters. The quantitative estimate of drug-likeness (QED) is 0.593. The summed E-state index contributed by atoms with van der Waals surface area (Å²) in [4.78, 5) is 13.2. The number of hydrogen-bond acceptors (Lipinski definition) is 3. The van der Waals surface area contributed by atoms with Gasteiger partial charge in [0.15, 0.2) is 0 Å². The Kier molecular flexibility index (Phi) is 3.89. The average Bonchev–Trinajstić information content (AvgIpc) is 2.47. The van der Waals surface area contributed by atoms with Crippen LogP contribution in [0, 0.1) is 0 Å². The van der Waals surface area contributed by atoms with Crippen LogP contribution in [0.5, 0.6) is 0 Å². The minimum Gasteiger partial charge on any atom is -0.263 e. The van der Waals surface area contributed by atoms with Crippen molar-refractivity contribution in [3.63, 3.8) is 0 Å². The maximum Gasteiger partial charge on any atom is 0.106 e. The van der Waals surface area contributed by atoms with Crippen LogP contribution in [0.15, 0.2) is 64.1 Å². The molecule has 0 aliphatic heterocycles. The van der Waals surface area contributed by atoms with E-state index in [9.17, 15) is 0 Å². The van der Waals surface area contributed by atoms with Crippen LogP contribution < -0.4 is 0 Å². The zero-order valence-electron chi connectivity index (χ0n) is 10.3. The molecule has 0 amide bonds. The lowest BCUT2D eigenvalue weighted by atomic mass is 10.1. The Morgan fingerprint density at radius 1 is 0.700 bits per heavy atom. The van der Waals surface area contributed by atoms with Crippen molar-refractivity contribution in [2.75, 3.05) is 0 Å². The predicted octanol–water partition coefficient (Wildman–Crippen LogP) is 4.73. The van der Waals surface area contributed by atoms with Crippen LogP contribution in [-0.2, 0) is 0 Å². The molecule has 0 spiro atoms. The van der Waals surface area contributed by atoms with Crippen molar-refractivity contribution in [1.29, 1.82) is 0 Å². The van der Waals surface area contributed by atoms with E-state index < -0.39 is 0 Å². The largest absolute Gasteiger partial charge is 0.263 e. The van der Waals surface area contributed by atoms with Crippen molar-refractivity contribution < 1.29 is 0 Å². The Balaban J connectivity index is 2.06. The van der Waals surface area contributed by atoms with Crippen LogP contribution in [0.1, 0.15) is 0 Å². The van der Waals surface area contributed by atoms with Gasteiger partial charge in [0.05, 0.1) is 11.4 Å². The fourth-order valence-corrected chi connectivity index (χ4v) is 2.55. The van der Waals surface area contributed by atoms with E-state index in [-0.39, 0.29) is 0 Å². The normalized spacial score (nSPS) is 10.5. The van der Waals surface area contributed by atoms with Gasteiger partial charge < -0.3 is 0 Å². The smallest absolute Gasteiger partial charge is 0.106 e. The summed E-state index contributed by atoms with van der Waals surface area (Å²) >= 11 is 6.76. The van der Waals surface area contributed by atoms with E-state index in [0.717, 1.165) is 31.7 Å². The molecule has 0 bridgehead atoms. The summed E-state index contributed by atoms with van der Waals surface area (Å²) in [5.74, 6) is 0. The Morgan fingerprint density at radius 3 is 1.65 bits per heavy atom. The third-order valence-electron chi connectivity index (χ3n) is 2.76. The van der Waals surface area contributed by atoms with Crippen LogP contribution in [0.25, 0.3) is 22.5 Å². The summed E-state index contributed by atoms with van der Waals surface area (Å²) in [5, 5.41) is 0. The second-order valence-electron chi connectivity index (χ2n) is 4.15. The van der Waals surface area contributed by atoms with E-state index in [1.54, 1.807) is 12.4 Å². The zero-order valence-corrected chi connectivity index (χ0v) is 13.5. The SMILES string of the molecule is Brc1cccc(-c2cncc(-c3cccc(Br)n3)c2)n1. The van der Waals surface area contributed by atoms with Gasteiger partial charge >= 0.3 is 0 Å². The molecule has 20 heavy (non-hydrogen) atoms. The van der Waals surface area contributed by atoms with Gasteiger partial charge in [-0.05, 0) is 62.2 Å². The molecular formula is C15H9Br2N3. The summed E-state index contributed by atoms with van der Waals surface area (Å²) in [6.45, 7) is 0. The highest BCUT2D eigenvalue weighted by atomic mass is 79.9. The highest BCUT2D eigenvalue weighted by Gasteiger charge is 2.05. The van der Waals surface area contributed by atoms with Gasteiger partial charge in [-0.2, -0.15) is 0 Å². The van der Waals surface area contributed by atoms with Crippen LogP contribution in [0.2, 0.25) is 0 Å². The summed E-state index contributed by atoms with van der Waals surface area (Å²) in [7, 11) is 0. The summed E-state index contributed by atoms with van der Waals surface area (Å²) in [6, 6.07) is 13.7. The maximum absolute atomic E-state index is 4.44. The highest BCUT2D eigenvalue weighted by Crippen LogP contribution is 2.24. The number of pyridine rings is 3.